The molecule has 0 saturated heterocycles. The lowest BCUT2D eigenvalue weighted by Crippen LogP contribution is -2.33. The molecule has 0 unspecified atom stereocenters. The Kier molecular flexibility index (Phi) is 4.87. The highest BCUT2D eigenvalue weighted by Crippen LogP contribution is 2.36. The summed E-state index contributed by atoms with van der Waals surface area (Å²) in [6.45, 7) is 4.53. The maximum Gasteiger partial charge on any atom is 0.407 e. The summed E-state index contributed by atoms with van der Waals surface area (Å²) < 4.78 is 11.0. The van der Waals surface area contributed by atoms with Gasteiger partial charge < -0.3 is 20.1 Å². The Bertz CT molecular complexity index is 819. The Morgan fingerprint density at radius 2 is 2.22 bits per heavy atom. The Morgan fingerprint density at radius 1 is 1.33 bits per heavy atom. The number of nitrogens with one attached hydrogen (secondary N) is 3. The number of nitrogens with zero attached hydrogens (tertiary/aromatic N) is 2. The van der Waals surface area contributed by atoms with Crippen molar-refractivity contribution in [3.63, 3.8) is 0 Å². The minimum Gasteiger partial charge on any atom is -0.477 e. The van der Waals surface area contributed by atoms with Crippen molar-refractivity contribution in [2.24, 2.45) is 0 Å². The van der Waals surface area contributed by atoms with Gasteiger partial charge >= 0.3 is 6.09 Å². The molecule has 8 nitrogen and oxygen atoms in total. The van der Waals surface area contributed by atoms with Gasteiger partial charge in [-0.1, -0.05) is 0 Å². The molecular weight excluding hydrogens is 346 g/mol. The summed E-state index contributed by atoms with van der Waals surface area (Å²) in [4.78, 5) is 16.2. The zero-order valence-electron chi connectivity index (χ0n) is 15.6. The van der Waals surface area contributed by atoms with Gasteiger partial charge in [-0.3, -0.25) is 5.10 Å². The molecule has 1 saturated carbocycles. The molecule has 2 atom stereocenters. The fraction of sp³-hybridized carbons (Fsp3) is 0.526. The molecule has 1 amide bonds. The number of carbonyl (C=O) groups excluding carboxylic acids is 1. The van der Waals surface area contributed by atoms with Gasteiger partial charge in [0.15, 0.2) is 5.82 Å². The monoisotopic (exact) mass is 371 g/mol. The largest absolute Gasteiger partial charge is 0.477 e. The third-order valence-corrected chi connectivity index (χ3v) is 4.91. The third-order valence-electron chi connectivity index (χ3n) is 4.91. The van der Waals surface area contributed by atoms with Crippen LogP contribution in [-0.4, -0.2) is 40.0 Å². The second kappa shape index (κ2) is 7.46. The topological polar surface area (TPSA) is 101 Å². The van der Waals surface area contributed by atoms with E-state index in [4.69, 9.17) is 9.47 Å². The van der Waals surface area contributed by atoms with E-state index in [9.17, 15) is 4.79 Å². The van der Waals surface area contributed by atoms with Crippen LogP contribution in [-0.2, 0) is 11.2 Å². The molecule has 8 heteroatoms. The van der Waals surface area contributed by atoms with Crippen LogP contribution in [0, 0.1) is 0 Å². The highest BCUT2D eigenvalue weighted by Gasteiger charge is 2.30. The van der Waals surface area contributed by atoms with Crippen LogP contribution in [0.25, 0.3) is 0 Å². The van der Waals surface area contributed by atoms with Gasteiger partial charge in [-0.15, -0.1) is 0 Å². The lowest BCUT2D eigenvalue weighted by molar-refractivity contribution is 0.0981. The van der Waals surface area contributed by atoms with Gasteiger partial charge in [-0.2, -0.15) is 10.1 Å². The molecule has 0 spiro atoms. The van der Waals surface area contributed by atoms with Gasteiger partial charge in [0, 0.05) is 35.7 Å². The average molecular weight is 371 g/mol. The normalized spacial score (nSPS) is 21.0. The zero-order valence-corrected chi connectivity index (χ0v) is 15.6. The summed E-state index contributed by atoms with van der Waals surface area (Å²) in [7, 11) is 0. The number of alkyl carbamates (subject to hydrolysis) is 1. The van der Waals surface area contributed by atoms with Crippen molar-refractivity contribution < 1.29 is 14.3 Å². The van der Waals surface area contributed by atoms with E-state index < -0.39 is 0 Å². The van der Waals surface area contributed by atoms with Crippen LogP contribution >= 0.6 is 0 Å². The summed E-state index contributed by atoms with van der Waals surface area (Å²) in [5, 5.41) is 13.4. The summed E-state index contributed by atoms with van der Waals surface area (Å²) in [5.74, 6) is 2.44. The molecule has 2 aromatic heterocycles. The minimum absolute atomic E-state index is 0.0519. The first kappa shape index (κ1) is 17.6. The molecule has 1 fully saturated rings. The molecular formula is C19H25N5O3. The van der Waals surface area contributed by atoms with Gasteiger partial charge in [0.2, 0.25) is 5.88 Å². The van der Waals surface area contributed by atoms with Crippen LogP contribution in [0.15, 0.2) is 18.2 Å². The smallest absolute Gasteiger partial charge is 0.407 e. The van der Waals surface area contributed by atoms with Gasteiger partial charge in [-0.25, -0.2) is 4.79 Å². The number of amides is 1. The minimum atomic E-state index is -0.340. The number of pyridine rings is 1. The molecule has 0 aromatic carbocycles. The highest BCUT2D eigenvalue weighted by molar-refractivity contribution is 5.67. The van der Waals surface area contributed by atoms with Crippen molar-refractivity contribution in [2.75, 3.05) is 11.9 Å². The number of H-pyrrole nitrogens is 1. The predicted molar refractivity (Wildman–Crippen MR) is 100 cm³/mol. The quantitative estimate of drug-likeness (QED) is 0.746. The molecule has 3 N–H and O–H groups in total. The standard InChI is InChI=1S/C19H25N5O3/c1-11(2)20-19(25)27-14-5-3-13(9-14)15-10-17(24-23-15)21-16-6-4-12-7-8-26-18(12)22-16/h4,6,10-11,13-14H,3,5,7-9H2,1-2H3,(H,20,25)(H2,21,22,23,24)/t13-,14+/m0/s1. The maximum absolute atomic E-state index is 11.8. The van der Waals surface area contributed by atoms with E-state index in [1.165, 1.54) is 0 Å². The second-order valence-corrected chi connectivity index (χ2v) is 7.43. The van der Waals surface area contributed by atoms with Crippen molar-refractivity contribution in [3.8, 4) is 5.88 Å². The van der Waals surface area contributed by atoms with Gasteiger partial charge in [0.1, 0.15) is 11.9 Å². The van der Waals surface area contributed by atoms with E-state index in [1.54, 1.807) is 0 Å². The lowest BCUT2D eigenvalue weighted by atomic mass is 10.0. The zero-order chi connectivity index (χ0) is 18.8. The highest BCUT2D eigenvalue weighted by atomic mass is 16.6. The lowest BCUT2D eigenvalue weighted by Gasteiger charge is -2.14. The number of hydrogen-bond acceptors (Lipinski definition) is 6. The van der Waals surface area contributed by atoms with Gasteiger partial charge in [0.05, 0.1) is 6.61 Å². The molecule has 0 radical (unpaired) electrons. The number of ether oxygens (including phenoxy) is 2. The Morgan fingerprint density at radius 3 is 3.07 bits per heavy atom. The number of anilines is 2. The van der Waals surface area contributed by atoms with Crippen LogP contribution in [0.3, 0.4) is 0 Å². The summed E-state index contributed by atoms with van der Waals surface area (Å²) in [5.41, 5.74) is 2.19. The SMILES string of the molecule is CC(C)NC(=O)O[C@@H]1CC[C@H](c2cc(Nc3ccc4c(n3)OCC4)n[nH]2)C1. The molecule has 2 aliphatic rings. The fourth-order valence-corrected chi connectivity index (χ4v) is 3.60. The van der Waals surface area contributed by atoms with E-state index >= 15 is 0 Å². The molecule has 0 bridgehead atoms. The van der Waals surface area contributed by atoms with Crippen LogP contribution in [0.4, 0.5) is 16.4 Å². The molecule has 1 aliphatic carbocycles. The molecule has 3 heterocycles. The summed E-state index contributed by atoms with van der Waals surface area (Å²) >= 11 is 0. The summed E-state index contributed by atoms with van der Waals surface area (Å²) in [6, 6.07) is 6.05. The van der Waals surface area contributed by atoms with Crippen LogP contribution in [0.5, 0.6) is 5.88 Å². The summed E-state index contributed by atoms with van der Waals surface area (Å²) in [6.07, 6.45) is 3.15. The Hall–Kier alpha value is -2.77. The van der Waals surface area contributed by atoms with Crippen LogP contribution < -0.4 is 15.4 Å². The molecule has 4 rings (SSSR count). The maximum atomic E-state index is 11.8. The first-order valence-corrected chi connectivity index (χ1v) is 9.49. The van der Waals surface area contributed by atoms with Crippen molar-refractivity contribution in [3.05, 3.63) is 29.5 Å². The fourth-order valence-electron chi connectivity index (χ4n) is 3.60. The molecule has 2 aromatic rings. The van der Waals surface area contributed by atoms with Crippen molar-refractivity contribution in [1.29, 1.82) is 0 Å². The van der Waals surface area contributed by atoms with Crippen molar-refractivity contribution in [1.82, 2.24) is 20.5 Å². The Balaban J connectivity index is 1.34. The number of fused-ring (bicyclic) bond motifs is 1. The number of hydrogen-bond donors (Lipinski definition) is 3. The first-order valence-electron chi connectivity index (χ1n) is 9.49. The van der Waals surface area contributed by atoms with E-state index in [0.29, 0.717) is 24.2 Å². The third kappa shape index (κ3) is 4.15. The molecule has 27 heavy (non-hydrogen) atoms. The molecule has 144 valence electrons. The number of aromatic nitrogens is 3. The number of rotatable bonds is 5. The van der Waals surface area contributed by atoms with Gasteiger partial charge in [-0.05, 0) is 45.2 Å². The van der Waals surface area contributed by atoms with Crippen molar-refractivity contribution >= 4 is 17.7 Å². The van der Waals surface area contributed by atoms with Crippen LogP contribution in [0.1, 0.15) is 50.3 Å². The van der Waals surface area contributed by atoms with E-state index in [0.717, 1.165) is 42.8 Å². The Labute approximate surface area is 158 Å². The molecule has 1 aliphatic heterocycles. The van der Waals surface area contributed by atoms with Crippen LogP contribution in [0.2, 0.25) is 0 Å². The average Bonchev–Trinajstić information content (AvgIpc) is 3.33. The van der Waals surface area contributed by atoms with E-state index in [2.05, 4.69) is 25.8 Å². The van der Waals surface area contributed by atoms with Crippen molar-refractivity contribution in [2.45, 2.75) is 57.6 Å². The van der Waals surface area contributed by atoms with Gasteiger partial charge in [0.25, 0.3) is 0 Å². The number of aromatic amines is 1. The first-order chi connectivity index (χ1) is 13.1. The number of carbonyl (C=O) groups is 1. The van der Waals surface area contributed by atoms with E-state index in [-0.39, 0.29) is 18.2 Å². The van der Waals surface area contributed by atoms with E-state index in [1.807, 2.05) is 32.0 Å². The second-order valence-electron chi connectivity index (χ2n) is 7.43. The predicted octanol–water partition coefficient (Wildman–Crippen LogP) is 3.25.